The van der Waals surface area contributed by atoms with Crippen molar-refractivity contribution in [3.8, 4) is 0 Å². The van der Waals surface area contributed by atoms with Crippen molar-refractivity contribution in [1.82, 2.24) is 15.2 Å². The summed E-state index contributed by atoms with van der Waals surface area (Å²) in [5.41, 5.74) is 5.13. The summed E-state index contributed by atoms with van der Waals surface area (Å²) in [5, 5.41) is 3.57. The maximum Gasteiger partial charge on any atom is 0.0678 e. The van der Waals surface area contributed by atoms with Crippen LogP contribution in [0.3, 0.4) is 0 Å². The van der Waals surface area contributed by atoms with Gasteiger partial charge in [0.05, 0.1) is 12.2 Å². The van der Waals surface area contributed by atoms with Gasteiger partial charge in [-0.2, -0.15) is 0 Å². The number of aryl methyl sites for hydroxylation is 1. The van der Waals surface area contributed by atoms with Gasteiger partial charge in [0.2, 0.25) is 0 Å². The van der Waals surface area contributed by atoms with Gasteiger partial charge in [-0.1, -0.05) is 30.3 Å². The summed E-state index contributed by atoms with van der Waals surface area (Å²) in [7, 11) is 0. The quantitative estimate of drug-likeness (QED) is 0.876. The molecule has 1 saturated heterocycles. The monoisotopic (exact) mass is 339 g/mol. The Labute approximate surface area is 151 Å². The van der Waals surface area contributed by atoms with Crippen LogP contribution < -0.4 is 5.32 Å². The predicted octanol–water partition coefficient (Wildman–Crippen LogP) is 3.29. The van der Waals surface area contributed by atoms with E-state index in [2.05, 4.69) is 66.3 Å². The van der Waals surface area contributed by atoms with E-state index in [-0.39, 0.29) is 0 Å². The largest absolute Gasteiger partial charge is 0.373 e. The fourth-order valence-electron chi connectivity index (χ4n) is 3.57. The summed E-state index contributed by atoms with van der Waals surface area (Å²) in [5.74, 6) is 0. The smallest absolute Gasteiger partial charge is 0.0678 e. The third kappa shape index (κ3) is 5.11. The van der Waals surface area contributed by atoms with Crippen LogP contribution in [0.15, 0.2) is 42.6 Å². The number of morpholine rings is 1. The Kier molecular flexibility index (Phi) is 6.19. The Morgan fingerprint density at radius 1 is 1.00 bits per heavy atom. The van der Waals surface area contributed by atoms with E-state index in [1.807, 2.05) is 12.3 Å². The lowest BCUT2D eigenvalue weighted by molar-refractivity contribution is -0.0705. The van der Waals surface area contributed by atoms with Crippen LogP contribution in [0, 0.1) is 6.92 Å². The Morgan fingerprint density at radius 2 is 1.64 bits per heavy atom. The topological polar surface area (TPSA) is 37.4 Å². The van der Waals surface area contributed by atoms with Crippen LogP contribution >= 0.6 is 0 Å². The van der Waals surface area contributed by atoms with Crippen LogP contribution in [-0.2, 0) is 24.4 Å². The van der Waals surface area contributed by atoms with Crippen molar-refractivity contribution in [3.05, 3.63) is 65.0 Å². The number of aromatic nitrogens is 1. The standard InChI is InChI=1S/C21H29N3O/c1-16-13-24(14-17(2)25-16)15-21-8-5-4-7-20(21)12-22-11-19-9-6-10-23-18(19)3/h4-10,16-17,22H,11-15H2,1-3H3/t16-,17-/m1/s1. The predicted molar refractivity (Wildman–Crippen MR) is 101 cm³/mol. The number of benzene rings is 1. The third-order valence-corrected chi connectivity index (χ3v) is 4.75. The number of nitrogens with zero attached hydrogens (tertiary/aromatic N) is 2. The Bertz CT molecular complexity index is 678. The number of pyridine rings is 1. The molecule has 1 N–H and O–H groups in total. The first-order chi connectivity index (χ1) is 12.1. The molecule has 0 aliphatic carbocycles. The molecule has 2 atom stereocenters. The van der Waals surface area contributed by atoms with E-state index in [1.54, 1.807) is 0 Å². The lowest BCUT2D eigenvalue weighted by Gasteiger charge is -2.35. The maximum atomic E-state index is 5.85. The van der Waals surface area contributed by atoms with E-state index in [0.717, 1.165) is 38.4 Å². The van der Waals surface area contributed by atoms with Crippen molar-refractivity contribution >= 4 is 0 Å². The van der Waals surface area contributed by atoms with Crippen LogP contribution in [0.1, 0.15) is 36.2 Å². The molecule has 0 radical (unpaired) electrons. The molecule has 1 aromatic carbocycles. The van der Waals surface area contributed by atoms with Crippen LogP contribution in [0.5, 0.6) is 0 Å². The summed E-state index contributed by atoms with van der Waals surface area (Å²) >= 11 is 0. The summed E-state index contributed by atoms with van der Waals surface area (Å²) in [4.78, 5) is 6.86. The van der Waals surface area contributed by atoms with E-state index in [9.17, 15) is 0 Å². The Morgan fingerprint density at radius 3 is 2.36 bits per heavy atom. The van der Waals surface area contributed by atoms with E-state index in [0.29, 0.717) is 12.2 Å². The Balaban J connectivity index is 1.60. The van der Waals surface area contributed by atoms with Gasteiger partial charge < -0.3 is 10.1 Å². The zero-order chi connectivity index (χ0) is 17.6. The van der Waals surface area contributed by atoms with Crippen molar-refractivity contribution in [1.29, 1.82) is 0 Å². The van der Waals surface area contributed by atoms with E-state index < -0.39 is 0 Å². The van der Waals surface area contributed by atoms with Gasteiger partial charge in [0.25, 0.3) is 0 Å². The fraction of sp³-hybridized carbons (Fsp3) is 0.476. The van der Waals surface area contributed by atoms with Gasteiger partial charge >= 0.3 is 0 Å². The van der Waals surface area contributed by atoms with Gasteiger partial charge in [-0.25, -0.2) is 0 Å². The minimum absolute atomic E-state index is 0.308. The van der Waals surface area contributed by atoms with Crippen LogP contribution in [-0.4, -0.2) is 35.2 Å². The number of hydrogen-bond acceptors (Lipinski definition) is 4. The SMILES string of the molecule is Cc1ncccc1CNCc1ccccc1CN1C[C@@H](C)O[C@H](C)C1. The lowest BCUT2D eigenvalue weighted by atomic mass is 10.1. The minimum atomic E-state index is 0.308. The first-order valence-electron chi connectivity index (χ1n) is 9.17. The summed E-state index contributed by atoms with van der Waals surface area (Å²) in [6.45, 7) is 11.1. The van der Waals surface area contributed by atoms with Crippen LogP contribution in [0.25, 0.3) is 0 Å². The van der Waals surface area contributed by atoms with E-state index in [1.165, 1.54) is 16.7 Å². The number of ether oxygens (including phenoxy) is 1. The molecule has 0 spiro atoms. The molecule has 0 amide bonds. The molecule has 2 aromatic rings. The first-order valence-corrected chi connectivity index (χ1v) is 9.17. The van der Waals surface area contributed by atoms with Crippen molar-refractivity contribution in [2.75, 3.05) is 13.1 Å². The van der Waals surface area contributed by atoms with Crippen LogP contribution in [0.2, 0.25) is 0 Å². The second-order valence-electron chi connectivity index (χ2n) is 7.07. The molecule has 0 bridgehead atoms. The molecule has 4 heteroatoms. The average molecular weight is 339 g/mol. The lowest BCUT2D eigenvalue weighted by Crippen LogP contribution is -2.45. The third-order valence-electron chi connectivity index (χ3n) is 4.75. The Hall–Kier alpha value is -1.75. The molecule has 3 rings (SSSR count). The van der Waals surface area contributed by atoms with Crippen molar-refractivity contribution < 1.29 is 4.74 Å². The molecule has 1 fully saturated rings. The highest BCUT2D eigenvalue weighted by molar-refractivity contribution is 5.27. The molecule has 0 saturated carbocycles. The minimum Gasteiger partial charge on any atom is -0.373 e. The second kappa shape index (κ2) is 8.56. The molecular weight excluding hydrogens is 310 g/mol. The van der Waals surface area contributed by atoms with Crippen molar-refractivity contribution in [3.63, 3.8) is 0 Å². The maximum absolute atomic E-state index is 5.85. The van der Waals surface area contributed by atoms with E-state index in [4.69, 9.17) is 4.74 Å². The molecule has 1 aromatic heterocycles. The van der Waals surface area contributed by atoms with Gasteiger partial charge in [0.15, 0.2) is 0 Å². The number of hydrogen-bond donors (Lipinski definition) is 1. The highest BCUT2D eigenvalue weighted by Gasteiger charge is 2.22. The molecule has 0 unspecified atom stereocenters. The molecule has 134 valence electrons. The molecule has 1 aliphatic rings. The molecule has 25 heavy (non-hydrogen) atoms. The van der Waals surface area contributed by atoms with Gasteiger partial charge in [0, 0.05) is 44.6 Å². The molecule has 4 nitrogen and oxygen atoms in total. The first kappa shape index (κ1) is 18.1. The van der Waals surface area contributed by atoms with Crippen LogP contribution in [0.4, 0.5) is 0 Å². The zero-order valence-corrected chi connectivity index (χ0v) is 15.5. The van der Waals surface area contributed by atoms with Gasteiger partial charge in [-0.05, 0) is 43.5 Å². The molecule has 2 heterocycles. The van der Waals surface area contributed by atoms with Gasteiger partial charge in [-0.3, -0.25) is 9.88 Å². The normalized spacial score (nSPS) is 21.4. The van der Waals surface area contributed by atoms with Gasteiger partial charge in [0.1, 0.15) is 0 Å². The zero-order valence-electron chi connectivity index (χ0n) is 15.5. The van der Waals surface area contributed by atoms with E-state index >= 15 is 0 Å². The molecule has 1 aliphatic heterocycles. The van der Waals surface area contributed by atoms with Gasteiger partial charge in [-0.15, -0.1) is 0 Å². The summed E-state index contributed by atoms with van der Waals surface area (Å²) < 4.78 is 5.85. The van der Waals surface area contributed by atoms with Crippen molar-refractivity contribution in [2.24, 2.45) is 0 Å². The highest BCUT2D eigenvalue weighted by atomic mass is 16.5. The fourth-order valence-corrected chi connectivity index (χ4v) is 3.57. The van der Waals surface area contributed by atoms with Crippen molar-refractivity contribution in [2.45, 2.75) is 52.6 Å². The summed E-state index contributed by atoms with van der Waals surface area (Å²) in [6, 6.07) is 12.9. The average Bonchev–Trinajstić information content (AvgIpc) is 2.57. The number of rotatable bonds is 6. The highest BCUT2D eigenvalue weighted by Crippen LogP contribution is 2.17. The summed E-state index contributed by atoms with van der Waals surface area (Å²) in [6.07, 6.45) is 2.46. The second-order valence-corrected chi connectivity index (χ2v) is 7.07. The molecular formula is C21H29N3O. The number of nitrogens with one attached hydrogen (secondary N) is 1.